The van der Waals surface area contributed by atoms with Crippen LogP contribution >= 0.6 is 0 Å². The van der Waals surface area contributed by atoms with E-state index >= 15 is 0 Å². The molecule has 0 radical (unpaired) electrons. The zero-order valence-corrected chi connectivity index (χ0v) is 15.6. The van der Waals surface area contributed by atoms with Gasteiger partial charge in [-0.3, -0.25) is 4.79 Å². The molecule has 0 aliphatic carbocycles. The summed E-state index contributed by atoms with van der Waals surface area (Å²) in [6.45, 7) is 6.51. The van der Waals surface area contributed by atoms with Crippen molar-refractivity contribution in [1.82, 2.24) is 5.32 Å². The van der Waals surface area contributed by atoms with Crippen molar-refractivity contribution in [3.63, 3.8) is 0 Å². The molecule has 0 unspecified atom stereocenters. The van der Waals surface area contributed by atoms with Crippen LogP contribution < -0.4 is 10.1 Å². The summed E-state index contributed by atoms with van der Waals surface area (Å²) in [4.78, 5) is 12.5. The Morgan fingerprint density at radius 2 is 1.65 bits per heavy atom. The van der Waals surface area contributed by atoms with Crippen LogP contribution in [0.5, 0.6) is 5.75 Å². The first-order chi connectivity index (χ1) is 12.5. The lowest BCUT2D eigenvalue weighted by Gasteiger charge is -2.18. The quantitative estimate of drug-likeness (QED) is 0.686. The van der Waals surface area contributed by atoms with E-state index < -0.39 is 6.10 Å². The number of hydrogen-bond acceptors (Lipinski definition) is 2. The number of ether oxygens (including phenoxy) is 1. The number of rotatable bonds is 6. The Balaban J connectivity index is 1.64. The van der Waals surface area contributed by atoms with Gasteiger partial charge in [-0.15, -0.1) is 0 Å². The summed E-state index contributed by atoms with van der Waals surface area (Å²) in [5.74, 6) is 0.662. The minimum absolute atomic E-state index is 0.0835. The zero-order valence-electron chi connectivity index (χ0n) is 15.6. The van der Waals surface area contributed by atoms with Gasteiger partial charge in [0.15, 0.2) is 6.10 Å². The van der Waals surface area contributed by atoms with E-state index in [0.29, 0.717) is 13.0 Å². The lowest BCUT2D eigenvalue weighted by molar-refractivity contribution is -0.128. The van der Waals surface area contributed by atoms with E-state index in [4.69, 9.17) is 4.74 Å². The third-order valence-corrected chi connectivity index (χ3v) is 4.42. The molecule has 3 aromatic rings. The van der Waals surface area contributed by atoms with Crippen LogP contribution in [0.25, 0.3) is 10.8 Å². The maximum atomic E-state index is 12.5. The molecule has 0 saturated heterocycles. The summed E-state index contributed by atoms with van der Waals surface area (Å²) in [6, 6.07) is 20.5. The van der Waals surface area contributed by atoms with E-state index in [2.05, 4.69) is 35.6 Å². The van der Waals surface area contributed by atoms with Crippen molar-refractivity contribution in [2.24, 2.45) is 0 Å². The minimum atomic E-state index is -0.489. The summed E-state index contributed by atoms with van der Waals surface area (Å²) in [5, 5.41) is 5.38. The van der Waals surface area contributed by atoms with Crippen LogP contribution in [-0.2, 0) is 11.3 Å². The summed E-state index contributed by atoms with van der Waals surface area (Å²) in [6.07, 6.45) is 0.132. The molecule has 0 aliphatic heterocycles. The van der Waals surface area contributed by atoms with Crippen LogP contribution in [0.4, 0.5) is 0 Å². The Morgan fingerprint density at radius 1 is 0.962 bits per heavy atom. The molecule has 1 N–H and O–H groups in total. The van der Waals surface area contributed by atoms with E-state index in [-0.39, 0.29) is 5.91 Å². The monoisotopic (exact) mass is 347 g/mol. The molecule has 0 aromatic heterocycles. The predicted octanol–water partition coefficient (Wildman–Crippen LogP) is 4.93. The second kappa shape index (κ2) is 8.05. The number of amides is 1. The number of fused-ring (bicyclic) bond motifs is 1. The van der Waals surface area contributed by atoms with E-state index in [1.165, 1.54) is 10.8 Å². The topological polar surface area (TPSA) is 38.3 Å². The second-order valence-electron chi connectivity index (χ2n) is 6.74. The first-order valence-electron chi connectivity index (χ1n) is 9.05. The Kier molecular flexibility index (Phi) is 5.57. The lowest BCUT2D eigenvalue weighted by Crippen LogP contribution is -2.37. The molecular weight excluding hydrogens is 322 g/mol. The molecule has 3 aromatic carbocycles. The van der Waals surface area contributed by atoms with Gasteiger partial charge in [-0.25, -0.2) is 0 Å². The van der Waals surface area contributed by atoms with Crippen LogP contribution in [0, 0.1) is 13.8 Å². The molecule has 0 heterocycles. The van der Waals surface area contributed by atoms with Crippen molar-refractivity contribution in [3.05, 3.63) is 77.4 Å². The standard InChI is InChI=1S/C23H25NO2/c1-4-22(26-21-12-16(2)11-17(3)13-21)23(25)24-15-18-9-10-19-7-5-6-8-20(19)14-18/h5-14,22H,4,15H2,1-3H3,(H,24,25)/t22-/m1/s1. The molecule has 0 bridgehead atoms. The van der Waals surface area contributed by atoms with E-state index in [9.17, 15) is 4.79 Å². The van der Waals surface area contributed by atoms with Gasteiger partial charge in [0.25, 0.3) is 5.91 Å². The lowest BCUT2D eigenvalue weighted by atomic mass is 10.1. The predicted molar refractivity (Wildman–Crippen MR) is 106 cm³/mol. The highest BCUT2D eigenvalue weighted by Gasteiger charge is 2.18. The van der Waals surface area contributed by atoms with Crippen molar-refractivity contribution >= 4 is 16.7 Å². The maximum absolute atomic E-state index is 12.5. The van der Waals surface area contributed by atoms with E-state index in [1.54, 1.807) is 0 Å². The summed E-state index contributed by atoms with van der Waals surface area (Å²) < 4.78 is 5.93. The van der Waals surface area contributed by atoms with Crippen LogP contribution in [0.15, 0.2) is 60.7 Å². The molecular formula is C23H25NO2. The SMILES string of the molecule is CC[C@@H](Oc1cc(C)cc(C)c1)C(=O)NCc1ccc2ccccc2c1. The van der Waals surface area contributed by atoms with Crippen LogP contribution in [0.1, 0.15) is 30.0 Å². The van der Waals surface area contributed by atoms with Crippen LogP contribution in [0.3, 0.4) is 0 Å². The van der Waals surface area contributed by atoms with Crippen LogP contribution in [-0.4, -0.2) is 12.0 Å². The molecule has 0 saturated carbocycles. The Bertz CT molecular complexity index is 897. The minimum Gasteiger partial charge on any atom is -0.481 e. The zero-order chi connectivity index (χ0) is 18.5. The molecule has 26 heavy (non-hydrogen) atoms. The smallest absolute Gasteiger partial charge is 0.261 e. The average Bonchev–Trinajstić information content (AvgIpc) is 2.63. The van der Waals surface area contributed by atoms with E-state index in [0.717, 1.165) is 22.4 Å². The molecule has 1 amide bonds. The molecule has 1 atom stereocenters. The highest BCUT2D eigenvalue weighted by molar-refractivity contribution is 5.83. The summed E-state index contributed by atoms with van der Waals surface area (Å²) >= 11 is 0. The van der Waals surface area contributed by atoms with E-state index in [1.807, 2.05) is 51.1 Å². The average molecular weight is 347 g/mol. The normalized spacial score (nSPS) is 12.0. The van der Waals surface area contributed by atoms with Gasteiger partial charge in [-0.2, -0.15) is 0 Å². The number of nitrogens with one attached hydrogen (secondary N) is 1. The maximum Gasteiger partial charge on any atom is 0.261 e. The Hall–Kier alpha value is -2.81. The van der Waals surface area contributed by atoms with Gasteiger partial charge in [-0.05, 0) is 65.9 Å². The largest absolute Gasteiger partial charge is 0.481 e. The number of benzene rings is 3. The molecule has 0 aliphatic rings. The van der Waals surface area contributed by atoms with Crippen molar-refractivity contribution in [1.29, 1.82) is 0 Å². The third-order valence-electron chi connectivity index (χ3n) is 4.42. The number of aryl methyl sites for hydroxylation is 2. The molecule has 134 valence electrons. The number of carbonyl (C=O) groups excluding carboxylic acids is 1. The van der Waals surface area contributed by atoms with Crippen molar-refractivity contribution < 1.29 is 9.53 Å². The molecule has 0 spiro atoms. The number of hydrogen-bond donors (Lipinski definition) is 1. The van der Waals surface area contributed by atoms with Crippen molar-refractivity contribution in [2.45, 2.75) is 39.8 Å². The molecule has 3 rings (SSSR count). The Labute approximate surface area is 155 Å². The Morgan fingerprint density at radius 3 is 2.35 bits per heavy atom. The van der Waals surface area contributed by atoms with Gasteiger partial charge in [-0.1, -0.05) is 49.4 Å². The van der Waals surface area contributed by atoms with Gasteiger partial charge in [0.2, 0.25) is 0 Å². The fraction of sp³-hybridized carbons (Fsp3) is 0.261. The van der Waals surface area contributed by atoms with Gasteiger partial charge >= 0.3 is 0 Å². The fourth-order valence-corrected chi connectivity index (χ4v) is 3.14. The first kappa shape index (κ1) is 18.0. The van der Waals surface area contributed by atoms with Crippen molar-refractivity contribution in [2.75, 3.05) is 0 Å². The number of carbonyl (C=O) groups is 1. The molecule has 0 fully saturated rings. The molecule has 3 nitrogen and oxygen atoms in total. The third kappa shape index (κ3) is 4.42. The second-order valence-corrected chi connectivity index (χ2v) is 6.74. The fourth-order valence-electron chi connectivity index (χ4n) is 3.14. The highest BCUT2D eigenvalue weighted by Crippen LogP contribution is 2.19. The van der Waals surface area contributed by atoms with Gasteiger partial charge in [0.05, 0.1) is 0 Å². The van der Waals surface area contributed by atoms with Gasteiger partial charge in [0, 0.05) is 6.54 Å². The van der Waals surface area contributed by atoms with Crippen LogP contribution in [0.2, 0.25) is 0 Å². The van der Waals surface area contributed by atoms with Gasteiger partial charge < -0.3 is 10.1 Å². The summed E-state index contributed by atoms with van der Waals surface area (Å²) in [5.41, 5.74) is 3.34. The first-order valence-corrected chi connectivity index (χ1v) is 9.05. The summed E-state index contributed by atoms with van der Waals surface area (Å²) in [7, 11) is 0. The van der Waals surface area contributed by atoms with Crippen molar-refractivity contribution in [3.8, 4) is 5.75 Å². The molecule has 3 heteroatoms. The highest BCUT2D eigenvalue weighted by atomic mass is 16.5. The van der Waals surface area contributed by atoms with Gasteiger partial charge in [0.1, 0.15) is 5.75 Å².